The molecule has 1 aliphatic rings. The average molecular weight is 534 g/mol. The predicted molar refractivity (Wildman–Crippen MR) is 138 cm³/mol. The van der Waals surface area contributed by atoms with Crippen molar-refractivity contribution in [1.82, 2.24) is 10.2 Å². The van der Waals surface area contributed by atoms with Crippen LogP contribution in [-0.4, -0.2) is 44.8 Å². The summed E-state index contributed by atoms with van der Waals surface area (Å²) in [4.78, 5) is 27.3. The van der Waals surface area contributed by atoms with E-state index in [2.05, 4.69) is 5.32 Å². The van der Waals surface area contributed by atoms with Gasteiger partial charge in [0.25, 0.3) is 10.0 Å². The summed E-state index contributed by atoms with van der Waals surface area (Å²) in [5.41, 5.74) is 1.28. The molecule has 0 fully saturated rings. The smallest absolute Gasteiger partial charge is 0.265 e. The number of benzene rings is 3. The molecule has 0 spiro atoms. The number of halogens is 2. The van der Waals surface area contributed by atoms with Crippen LogP contribution < -0.4 is 9.62 Å². The van der Waals surface area contributed by atoms with E-state index in [4.69, 9.17) is 23.2 Å². The second-order valence-electron chi connectivity index (χ2n) is 8.36. The summed E-state index contributed by atoms with van der Waals surface area (Å²) in [5.74, 6) is -0.591. The molecule has 7 nitrogen and oxygen atoms in total. The monoisotopic (exact) mass is 533 g/mol. The number of nitrogens with zero attached hydrogens (tertiary/aromatic N) is 2. The van der Waals surface area contributed by atoms with Gasteiger partial charge in [-0.1, -0.05) is 53.5 Å². The Labute approximate surface area is 214 Å². The zero-order valence-electron chi connectivity index (χ0n) is 19.3. The van der Waals surface area contributed by atoms with Crippen LogP contribution in [0.4, 0.5) is 5.69 Å². The Morgan fingerprint density at radius 3 is 2.49 bits per heavy atom. The maximum absolute atomic E-state index is 13.2. The van der Waals surface area contributed by atoms with Crippen molar-refractivity contribution in [2.24, 2.45) is 0 Å². The first kappa shape index (κ1) is 25.3. The van der Waals surface area contributed by atoms with Crippen molar-refractivity contribution >= 4 is 61.5 Å². The van der Waals surface area contributed by atoms with Crippen LogP contribution in [0.25, 0.3) is 10.8 Å². The topological polar surface area (TPSA) is 86.8 Å². The van der Waals surface area contributed by atoms with Crippen molar-refractivity contribution < 1.29 is 18.0 Å². The number of likely N-dealkylation sites (N-methyl/N-ethyl adjacent to an activating group) is 1. The number of rotatable bonds is 8. The van der Waals surface area contributed by atoms with Crippen LogP contribution in [0, 0.1) is 0 Å². The maximum atomic E-state index is 13.2. The lowest BCUT2D eigenvalue weighted by Crippen LogP contribution is -2.46. The highest BCUT2D eigenvalue weighted by molar-refractivity contribution is 7.93. The molecule has 1 atom stereocenters. The van der Waals surface area contributed by atoms with E-state index in [1.54, 1.807) is 43.3 Å². The summed E-state index contributed by atoms with van der Waals surface area (Å²) in [6.45, 7) is 1.91. The Morgan fingerprint density at radius 2 is 1.80 bits per heavy atom. The highest BCUT2D eigenvalue weighted by Gasteiger charge is 2.35. The highest BCUT2D eigenvalue weighted by Crippen LogP contribution is 2.42. The standard InChI is InChI=1S/C25H25Cl2N3O4S/c1-16(25(32)28-2)29(15-18-11-12-19(26)14-20(18)27)23(31)10-5-13-30-21-8-3-6-17-7-4-9-22(24(17)21)35(30,33)34/h3-4,6-9,11-12,14,16H,5,10,13,15H2,1-2H3,(H,28,32). The van der Waals surface area contributed by atoms with Crippen LogP contribution in [0.3, 0.4) is 0 Å². The number of hydrogen-bond acceptors (Lipinski definition) is 4. The molecule has 35 heavy (non-hydrogen) atoms. The van der Waals surface area contributed by atoms with Gasteiger partial charge in [0.2, 0.25) is 11.8 Å². The Kier molecular flexibility index (Phi) is 7.26. The molecule has 3 aromatic rings. The van der Waals surface area contributed by atoms with Crippen LogP contribution in [0.2, 0.25) is 10.0 Å². The minimum absolute atomic E-state index is 0.0604. The van der Waals surface area contributed by atoms with E-state index < -0.39 is 16.1 Å². The number of nitrogens with one attached hydrogen (secondary N) is 1. The van der Waals surface area contributed by atoms with E-state index in [0.717, 1.165) is 5.39 Å². The number of sulfonamides is 1. The second kappa shape index (κ2) is 10.0. The van der Waals surface area contributed by atoms with Crippen LogP contribution in [0.5, 0.6) is 0 Å². The zero-order chi connectivity index (χ0) is 25.3. The van der Waals surface area contributed by atoms with E-state index in [9.17, 15) is 18.0 Å². The minimum Gasteiger partial charge on any atom is -0.357 e. The summed E-state index contributed by atoms with van der Waals surface area (Å²) < 4.78 is 27.7. The van der Waals surface area contributed by atoms with Gasteiger partial charge in [-0.15, -0.1) is 0 Å². The molecule has 3 aromatic carbocycles. The molecule has 1 unspecified atom stereocenters. The normalized spacial score (nSPS) is 14.7. The van der Waals surface area contributed by atoms with E-state index in [1.807, 2.05) is 18.2 Å². The number of anilines is 1. The number of amides is 2. The number of carbonyl (C=O) groups excluding carboxylic acids is 2. The first-order valence-corrected chi connectivity index (χ1v) is 13.3. The summed E-state index contributed by atoms with van der Waals surface area (Å²) in [6, 6.07) is 14.9. The van der Waals surface area contributed by atoms with Gasteiger partial charge in [-0.2, -0.15) is 0 Å². The fourth-order valence-electron chi connectivity index (χ4n) is 4.34. The summed E-state index contributed by atoms with van der Waals surface area (Å²) in [5, 5.41) is 4.99. The van der Waals surface area contributed by atoms with E-state index in [-0.39, 0.29) is 42.6 Å². The van der Waals surface area contributed by atoms with E-state index >= 15 is 0 Å². The Hall–Kier alpha value is -2.81. The van der Waals surface area contributed by atoms with Crippen LogP contribution in [-0.2, 0) is 26.2 Å². The van der Waals surface area contributed by atoms with Gasteiger partial charge < -0.3 is 10.2 Å². The lowest BCUT2D eigenvalue weighted by Gasteiger charge is -2.29. The highest BCUT2D eigenvalue weighted by atomic mass is 35.5. The Balaban J connectivity index is 1.51. The van der Waals surface area contributed by atoms with Crippen molar-refractivity contribution in [3.8, 4) is 0 Å². The van der Waals surface area contributed by atoms with E-state index in [0.29, 0.717) is 26.7 Å². The first-order valence-electron chi connectivity index (χ1n) is 11.1. The zero-order valence-corrected chi connectivity index (χ0v) is 21.6. The largest absolute Gasteiger partial charge is 0.357 e. The van der Waals surface area contributed by atoms with Crippen molar-refractivity contribution in [1.29, 1.82) is 0 Å². The molecule has 1 N–H and O–H groups in total. The number of carbonyl (C=O) groups is 2. The minimum atomic E-state index is -3.69. The fourth-order valence-corrected chi connectivity index (χ4v) is 6.56. The number of hydrogen-bond donors (Lipinski definition) is 1. The van der Waals surface area contributed by atoms with Gasteiger partial charge in [0.15, 0.2) is 0 Å². The van der Waals surface area contributed by atoms with Gasteiger partial charge in [0, 0.05) is 42.0 Å². The molecule has 0 saturated heterocycles. The molecule has 0 bridgehead atoms. The van der Waals surface area contributed by atoms with Gasteiger partial charge in [0.1, 0.15) is 6.04 Å². The predicted octanol–water partition coefficient (Wildman–Crippen LogP) is 4.60. The Morgan fingerprint density at radius 1 is 1.09 bits per heavy atom. The summed E-state index contributed by atoms with van der Waals surface area (Å²) in [7, 11) is -2.19. The molecule has 0 aromatic heterocycles. The van der Waals surface area contributed by atoms with Crippen molar-refractivity contribution in [3.63, 3.8) is 0 Å². The van der Waals surface area contributed by atoms with Crippen molar-refractivity contribution in [3.05, 3.63) is 70.2 Å². The molecule has 2 amide bonds. The molecular formula is C25H25Cl2N3O4S. The van der Waals surface area contributed by atoms with Crippen LogP contribution >= 0.6 is 23.2 Å². The molecular weight excluding hydrogens is 509 g/mol. The molecule has 1 heterocycles. The first-order chi connectivity index (χ1) is 16.6. The van der Waals surface area contributed by atoms with Gasteiger partial charge in [-0.3, -0.25) is 13.9 Å². The molecule has 184 valence electrons. The molecule has 0 aliphatic carbocycles. The van der Waals surface area contributed by atoms with Crippen LogP contribution in [0.1, 0.15) is 25.3 Å². The quantitative estimate of drug-likeness (QED) is 0.458. The fraction of sp³-hybridized carbons (Fsp3) is 0.280. The molecule has 4 rings (SSSR count). The second-order valence-corrected chi connectivity index (χ2v) is 11.0. The average Bonchev–Trinajstić information content (AvgIpc) is 3.05. The molecule has 1 aliphatic heterocycles. The molecule has 0 saturated carbocycles. The lowest BCUT2D eigenvalue weighted by molar-refractivity contribution is -0.140. The van der Waals surface area contributed by atoms with Crippen LogP contribution in [0.15, 0.2) is 59.5 Å². The third kappa shape index (κ3) is 4.83. The van der Waals surface area contributed by atoms with Gasteiger partial charge >= 0.3 is 0 Å². The van der Waals surface area contributed by atoms with Gasteiger partial charge in [-0.05, 0) is 48.6 Å². The van der Waals surface area contributed by atoms with Gasteiger partial charge in [0.05, 0.1) is 10.6 Å². The third-order valence-electron chi connectivity index (χ3n) is 6.20. The SMILES string of the molecule is CNC(=O)C(C)N(Cc1ccc(Cl)cc1Cl)C(=O)CCCN1c2cccc3cccc(c23)S1(=O)=O. The van der Waals surface area contributed by atoms with E-state index in [1.165, 1.54) is 16.3 Å². The summed E-state index contributed by atoms with van der Waals surface area (Å²) in [6.07, 6.45) is 0.346. The Bertz CT molecular complexity index is 1410. The van der Waals surface area contributed by atoms with Crippen molar-refractivity contribution in [2.45, 2.75) is 37.2 Å². The lowest BCUT2D eigenvalue weighted by atomic mass is 10.1. The molecule has 10 heteroatoms. The summed E-state index contributed by atoms with van der Waals surface area (Å²) >= 11 is 12.3. The third-order valence-corrected chi connectivity index (χ3v) is 8.65. The van der Waals surface area contributed by atoms with Crippen molar-refractivity contribution in [2.75, 3.05) is 17.9 Å². The van der Waals surface area contributed by atoms with Gasteiger partial charge in [-0.25, -0.2) is 8.42 Å². The maximum Gasteiger partial charge on any atom is 0.265 e. The molecule has 0 radical (unpaired) electrons.